The molecule has 4 heteroatoms. The second kappa shape index (κ2) is 16.3. The standard InChI is InChI=1S/C67H56N2S2/c1-70(2,3)63-35-21-19-33-61(63)68(47-23-9-7-10-24-47)49-38-37-45-42-57-60(43-46(45)41-49)67(58-31-17-15-28-52(58)53-29-16-18-32-59(53)67)66-55-40-39-50(44-56(55)51-27-13-14-30-54(51)65(57)66)69(48-25-11-8-12-26-48)62-34-20-22-36-64(62)71(4,5)6/h7-44H,1-6H3. The topological polar surface area (TPSA) is 6.48 Å². The summed E-state index contributed by atoms with van der Waals surface area (Å²) in [5.41, 5.74) is 17.2. The molecular weight excluding hydrogens is 897 g/mol. The molecule has 11 aromatic carbocycles. The van der Waals surface area contributed by atoms with Gasteiger partial charge in [-0.05, 0) is 199 Å². The molecule has 13 rings (SSSR count). The molecule has 0 heterocycles. The Labute approximate surface area is 421 Å². The molecule has 2 nitrogen and oxygen atoms in total. The molecule has 1 spiro atoms. The van der Waals surface area contributed by atoms with Gasteiger partial charge in [0.2, 0.25) is 0 Å². The first kappa shape index (κ1) is 43.5. The number of hydrogen-bond acceptors (Lipinski definition) is 2. The van der Waals surface area contributed by atoms with Crippen LogP contribution in [0.4, 0.5) is 34.1 Å². The summed E-state index contributed by atoms with van der Waals surface area (Å²) < 4.78 is 0. The van der Waals surface area contributed by atoms with Crippen molar-refractivity contribution in [3.8, 4) is 22.3 Å². The summed E-state index contributed by atoms with van der Waals surface area (Å²) in [5.74, 6) is 0. The highest BCUT2D eigenvalue weighted by atomic mass is 32.3. The maximum absolute atomic E-state index is 2.56. The van der Waals surface area contributed by atoms with E-state index in [9.17, 15) is 0 Å². The van der Waals surface area contributed by atoms with E-state index in [0.29, 0.717) is 0 Å². The lowest BCUT2D eigenvalue weighted by Crippen LogP contribution is -2.26. The number of hydrogen-bond donors (Lipinski definition) is 0. The Balaban J connectivity index is 1.11. The molecule has 0 saturated carbocycles. The summed E-state index contributed by atoms with van der Waals surface area (Å²) >= 11 is 0. The highest BCUT2D eigenvalue weighted by Gasteiger charge is 2.53. The molecular formula is C67H56N2S2. The molecule has 11 aromatic rings. The van der Waals surface area contributed by atoms with E-state index in [4.69, 9.17) is 0 Å². The minimum Gasteiger partial charge on any atom is -0.309 e. The Hall–Kier alpha value is -7.50. The van der Waals surface area contributed by atoms with Gasteiger partial charge in [-0.1, -0.05) is 146 Å². The van der Waals surface area contributed by atoms with Gasteiger partial charge in [-0.15, -0.1) is 0 Å². The molecule has 0 radical (unpaired) electrons. The number of anilines is 6. The van der Waals surface area contributed by atoms with Crippen molar-refractivity contribution >= 4 is 86.5 Å². The highest BCUT2D eigenvalue weighted by molar-refractivity contribution is 8.32. The first-order chi connectivity index (χ1) is 34.5. The first-order valence-corrected chi connectivity index (χ1v) is 30.3. The van der Waals surface area contributed by atoms with Crippen LogP contribution in [0.15, 0.2) is 240 Å². The van der Waals surface area contributed by atoms with Gasteiger partial charge >= 0.3 is 0 Å². The van der Waals surface area contributed by atoms with E-state index in [2.05, 4.69) is 278 Å². The van der Waals surface area contributed by atoms with Crippen LogP contribution in [0.5, 0.6) is 0 Å². The summed E-state index contributed by atoms with van der Waals surface area (Å²) in [4.78, 5) is 7.74. The average molecular weight is 953 g/mol. The molecule has 346 valence electrons. The molecule has 0 aliphatic heterocycles. The van der Waals surface area contributed by atoms with E-state index in [0.717, 1.165) is 22.7 Å². The molecule has 0 bridgehead atoms. The van der Waals surface area contributed by atoms with E-state index >= 15 is 0 Å². The molecule has 0 saturated heterocycles. The van der Waals surface area contributed by atoms with Crippen LogP contribution in [0, 0.1) is 0 Å². The fourth-order valence-corrected chi connectivity index (χ4v) is 14.7. The molecule has 0 N–H and O–H groups in total. The van der Waals surface area contributed by atoms with Gasteiger partial charge in [0, 0.05) is 32.5 Å². The van der Waals surface area contributed by atoms with Crippen molar-refractivity contribution in [3.05, 3.63) is 253 Å². The van der Waals surface area contributed by atoms with Gasteiger partial charge < -0.3 is 9.80 Å². The third-order valence-corrected chi connectivity index (χ3v) is 18.4. The lowest BCUT2D eigenvalue weighted by molar-refractivity contribution is 0.803. The van der Waals surface area contributed by atoms with Crippen LogP contribution in [-0.4, -0.2) is 37.5 Å². The maximum atomic E-state index is 2.56. The van der Waals surface area contributed by atoms with E-state index in [-0.39, 0.29) is 0 Å². The SMILES string of the molecule is CS(C)(C)c1ccccc1N(c1ccccc1)c1ccc2cc3c(cc2c1)C1(c2ccccc2-c2ccccc21)c1c-3c2ccccc2c2cc(N(c3ccccc3)c3ccccc3S(C)(C)C)ccc12. The Morgan fingerprint density at radius 2 is 0.789 bits per heavy atom. The third kappa shape index (κ3) is 6.65. The molecule has 0 amide bonds. The predicted molar refractivity (Wildman–Crippen MR) is 312 cm³/mol. The monoisotopic (exact) mass is 952 g/mol. The van der Waals surface area contributed by atoms with Gasteiger partial charge in [-0.3, -0.25) is 0 Å². The van der Waals surface area contributed by atoms with Gasteiger partial charge in [-0.25, -0.2) is 20.1 Å². The van der Waals surface area contributed by atoms with Crippen LogP contribution < -0.4 is 9.80 Å². The summed E-state index contributed by atoms with van der Waals surface area (Å²) in [7, 11) is -2.16. The summed E-state index contributed by atoms with van der Waals surface area (Å²) in [6, 6.07) is 87.1. The largest absolute Gasteiger partial charge is 0.309 e. The maximum Gasteiger partial charge on any atom is 0.0731 e. The zero-order chi connectivity index (χ0) is 48.2. The Morgan fingerprint density at radius 1 is 0.310 bits per heavy atom. The fourth-order valence-electron chi connectivity index (χ4n) is 12.2. The van der Waals surface area contributed by atoms with Crippen molar-refractivity contribution in [2.24, 2.45) is 0 Å². The highest BCUT2D eigenvalue weighted by Crippen LogP contribution is 2.66. The van der Waals surface area contributed by atoms with Crippen LogP contribution in [0.1, 0.15) is 22.3 Å². The summed E-state index contributed by atoms with van der Waals surface area (Å²) in [6.45, 7) is 0. The van der Waals surface area contributed by atoms with E-state index < -0.39 is 25.5 Å². The van der Waals surface area contributed by atoms with Gasteiger partial charge in [0.25, 0.3) is 0 Å². The van der Waals surface area contributed by atoms with Crippen LogP contribution in [0.2, 0.25) is 0 Å². The second-order valence-electron chi connectivity index (χ2n) is 20.7. The van der Waals surface area contributed by atoms with E-state index in [1.54, 1.807) is 0 Å². The molecule has 0 fully saturated rings. The van der Waals surface area contributed by atoms with Crippen LogP contribution in [-0.2, 0) is 5.41 Å². The molecule has 0 aromatic heterocycles. The van der Waals surface area contributed by atoms with Crippen molar-refractivity contribution in [2.75, 3.05) is 47.3 Å². The smallest absolute Gasteiger partial charge is 0.0731 e. The minimum absolute atomic E-state index is 0.575. The zero-order valence-electron chi connectivity index (χ0n) is 41.2. The van der Waals surface area contributed by atoms with Crippen LogP contribution >= 0.6 is 20.1 Å². The summed E-state index contributed by atoms with van der Waals surface area (Å²) in [5, 5.41) is 7.56. The van der Waals surface area contributed by atoms with Crippen LogP contribution in [0.25, 0.3) is 54.6 Å². The normalized spacial score (nSPS) is 13.8. The Kier molecular flexibility index (Phi) is 9.98. The van der Waals surface area contributed by atoms with Gasteiger partial charge in [0.1, 0.15) is 0 Å². The number of fused-ring (bicyclic) bond motifs is 16. The average Bonchev–Trinajstić information content (AvgIpc) is 3.86. The van der Waals surface area contributed by atoms with Crippen molar-refractivity contribution in [2.45, 2.75) is 15.2 Å². The molecule has 0 atom stereocenters. The van der Waals surface area contributed by atoms with Crippen molar-refractivity contribution in [1.82, 2.24) is 0 Å². The molecule has 71 heavy (non-hydrogen) atoms. The lowest BCUT2D eigenvalue weighted by Gasteiger charge is -2.35. The number of rotatable bonds is 8. The van der Waals surface area contributed by atoms with Crippen molar-refractivity contribution in [3.63, 3.8) is 0 Å². The summed E-state index contributed by atoms with van der Waals surface area (Å²) in [6.07, 6.45) is 14.4. The number of para-hydroxylation sites is 4. The number of benzene rings is 11. The van der Waals surface area contributed by atoms with Gasteiger partial charge in [-0.2, -0.15) is 0 Å². The predicted octanol–water partition coefficient (Wildman–Crippen LogP) is 18.5. The number of nitrogens with zero attached hydrogens (tertiary/aromatic N) is 2. The van der Waals surface area contributed by atoms with Crippen molar-refractivity contribution < 1.29 is 0 Å². The van der Waals surface area contributed by atoms with Crippen molar-refractivity contribution in [1.29, 1.82) is 0 Å². The molecule has 0 unspecified atom stereocenters. The van der Waals surface area contributed by atoms with Gasteiger partial charge in [0.05, 0.1) is 16.8 Å². The van der Waals surface area contributed by atoms with Gasteiger partial charge in [0.15, 0.2) is 0 Å². The second-order valence-corrected chi connectivity index (χ2v) is 29.0. The quantitative estimate of drug-likeness (QED) is 0.140. The zero-order valence-corrected chi connectivity index (χ0v) is 42.8. The third-order valence-electron chi connectivity index (χ3n) is 15.0. The van der Waals surface area contributed by atoms with E-state index in [1.165, 1.54) is 98.0 Å². The molecule has 2 aliphatic rings. The van der Waals surface area contributed by atoms with Crippen LogP contribution in [0.3, 0.4) is 0 Å². The Bertz CT molecular complexity index is 3870. The van der Waals surface area contributed by atoms with E-state index in [1.807, 2.05) is 0 Å². The molecule has 2 aliphatic carbocycles. The Morgan fingerprint density at radius 3 is 1.37 bits per heavy atom. The first-order valence-electron chi connectivity index (χ1n) is 24.5. The lowest BCUT2D eigenvalue weighted by atomic mass is 9.69. The minimum atomic E-state index is -1.09. The fraction of sp³-hybridized carbons (Fsp3) is 0.104.